The largest absolute Gasteiger partial charge is 0.197 e. The van der Waals surface area contributed by atoms with Gasteiger partial charge in [-0.25, -0.2) is 0 Å². The van der Waals surface area contributed by atoms with E-state index in [9.17, 15) is 5.26 Å². The third-order valence-electron chi connectivity index (χ3n) is 2.57. The van der Waals surface area contributed by atoms with Gasteiger partial charge in [-0.3, -0.25) is 0 Å². The lowest BCUT2D eigenvalue weighted by Crippen LogP contribution is -2.03. The number of rotatable bonds is 2. The molecule has 0 aliphatic rings. The summed E-state index contributed by atoms with van der Waals surface area (Å²) in [5, 5.41) is 17.1. The van der Waals surface area contributed by atoms with Gasteiger partial charge in [0.15, 0.2) is 0 Å². The first-order valence-electron chi connectivity index (χ1n) is 5.15. The highest BCUT2D eigenvalue weighted by molar-refractivity contribution is 9.10. The molecule has 4 heteroatoms. The Balaban J connectivity index is 2.51. The first kappa shape index (κ1) is 11.7. The fraction of sp³-hybridized carbons (Fsp3) is 0.154. The summed E-state index contributed by atoms with van der Waals surface area (Å²) < 4.78 is 0.960. The highest BCUT2D eigenvalue weighted by Gasteiger charge is 2.17. The van der Waals surface area contributed by atoms with E-state index in [4.69, 9.17) is 0 Å². The third-order valence-corrected chi connectivity index (χ3v) is 3.06. The van der Waals surface area contributed by atoms with Crippen molar-refractivity contribution in [1.82, 2.24) is 10.2 Å². The minimum Gasteiger partial charge on any atom is -0.197 e. The highest BCUT2D eigenvalue weighted by Crippen LogP contribution is 2.27. The van der Waals surface area contributed by atoms with Crippen molar-refractivity contribution in [2.75, 3.05) is 0 Å². The van der Waals surface area contributed by atoms with Gasteiger partial charge in [0.2, 0.25) is 0 Å². The van der Waals surface area contributed by atoms with Crippen LogP contribution in [-0.4, -0.2) is 10.2 Å². The van der Waals surface area contributed by atoms with Gasteiger partial charge < -0.3 is 0 Å². The highest BCUT2D eigenvalue weighted by atomic mass is 79.9. The number of nitriles is 1. The van der Waals surface area contributed by atoms with Crippen LogP contribution in [0.15, 0.2) is 41.0 Å². The number of hydrogen-bond acceptors (Lipinski definition) is 3. The summed E-state index contributed by atoms with van der Waals surface area (Å²) in [5.74, 6) is -0.374. The first-order chi connectivity index (χ1) is 8.22. The smallest absolute Gasteiger partial charge is 0.115 e. The predicted molar refractivity (Wildman–Crippen MR) is 68.4 cm³/mol. The van der Waals surface area contributed by atoms with Crippen molar-refractivity contribution in [2.24, 2.45) is 0 Å². The van der Waals surface area contributed by atoms with Crippen LogP contribution < -0.4 is 0 Å². The van der Waals surface area contributed by atoms with Crippen LogP contribution in [0.4, 0.5) is 0 Å². The van der Waals surface area contributed by atoms with Crippen molar-refractivity contribution in [2.45, 2.75) is 12.8 Å². The average Bonchev–Trinajstić information content (AvgIpc) is 2.36. The Kier molecular flexibility index (Phi) is 3.50. The molecule has 2 rings (SSSR count). The maximum Gasteiger partial charge on any atom is 0.115 e. The van der Waals surface area contributed by atoms with E-state index in [0.717, 1.165) is 15.6 Å². The van der Waals surface area contributed by atoms with E-state index in [-0.39, 0.29) is 5.92 Å². The van der Waals surface area contributed by atoms with E-state index in [1.165, 1.54) is 0 Å². The molecule has 0 radical (unpaired) electrons. The topological polar surface area (TPSA) is 49.6 Å². The molecule has 17 heavy (non-hydrogen) atoms. The molecule has 0 bridgehead atoms. The second kappa shape index (κ2) is 5.07. The van der Waals surface area contributed by atoms with Crippen LogP contribution in [0.5, 0.6) is 0 Å². The molecule has 1 atom stereocenters. The Hall–Kier alpha value is -1.73. The number of aryl methyl sites for hydroxylation is 1. The summed E-state index contributed by atoms with van der Waals surface area (Å²) in [7, 11) is 0. The minimum absolute atomic E-state index is 0.374. The van der Waals surface area contributed by atoms with Crippen LogP contribution in [0.3, 0.4) is 0 Å². The standard InChI is InChI=1S/C13H10BrN3/c1-9-4-5-10(14)7-11(9)12(8-15)13-3-2-6-16-17-13/h2-7,12H,1H3. The van der Waals surface area contributed by atoms with Crippen molar-refractivity contribution in [3.05, 3.63) is 57.8 Å². The molecule has 0 saturated carbocycles. The summed E-state index contributed by atoms with van der Waals surface area (Å²) in [6, 6.07) is 11.8. The van der Waals surface area contributed by atoms with E-state index in [0.29, 0.717) is 5.69 Å². The molecule has 0 aliphatic carbocycles. The van der Waals surface area contributed by atoms with Gasteiger partial charge in [0, 0.05) is 10.7 Å². The lowest BCUT2D eigenvalue weighted by atomic mass is 9.93. The molecule has 0 aliphatic heterocycles. The zero-order chi connectivity index (χ0) is 12.3. The zero-order valence-corrected chi connectivity index (χ0v) is 10.8. The molecule has 1 aromatic carbocycles. The van der Waals surface area contributed by atoms with Gasteiger partial charge >= 0.3 is 0 Å². The number of benzene rings is 1. The molecule has 2 aromatic rings. The summed E-state index contributed by atoms with van der Waals surface area (Å²) >= 11 is 3.42. The Morgan fingerprint density at radius 2 is 2.18 bits per heavy atom. The van der Waals surface area contributed by atoms with Crippen LogP contribution in [0.25, 0.3) is 0 Å². The third kappa shape index (κ3) is 2.51. The SMILES string of the molecule is Cc1ccc(Br)cc1C(C#N)c1cccnn1. The van der Waals surface area contributed by atoms with Crippen LogP contribution >= 0.6 is 15.9 Å². The monoisotopic (exact) mass is 287 g/mol. The van der Waals surface area contributed by atoms with E-state index >= 15 is 0 Å². The second-order valence-electron chi connectivity index (χ2n) is 3.71. The van der Waals surface area contributed by atoms with Crippen molar-refractivity contribution >= 4 is 15.9 Å². The van der Waals surface area contributed by atoms with Gasteiger partial charge in [0.25, 0.3) is 0 Å². The summed E-state index contributed by atoms with van der Waals surface area (Å²) in [6.07, 6.45) is 1.60. The molecule has 1 unspecified atom stereocenters. The van der Waals surface area contributed by atoms with Crippen LogP contribution in [0.2, 0.25) is 0 Å². The molecular formula is C13H10BrN3. The van der Waals surface area contributed by atoms with Gasteiger partial charge in [0.05, 0.1) is 11.8 Å². The van der Waals surface area contributed by atoms with Crippen molar-refractivity contribution in [3.8, 4) is 6.07 Å². The molecule has 3 nitrogen and oxygen atoms in total. The van der Waals surface area contributed by atoms with Crippen LogP contribution in [0.1, 0.15) is 22.7 Å². The maximum absolute atomic E-state index is 9.32. The Morgan fingerprint density at radius 3 is 2.82 bits per heavy atom. The van der Waals surface area contributed by atoms with Gasteiger partial charge in [0.1, 0.15) is 5.92 Å². The van der Waals surface area contributed by atoms with Crippen molar-refractivity contribution in [3.63, 3.8) is 0 Å². The lowest BCUT2D eigenvalue weighted by molar-refractivity contribution is 0.878. The van der Waals surface area contributed by atoms with E-state index < -0.39 is 0 Å². The fourth-order valence-electron chi connectivity index (χ4n) is 1.68. The first-order valence-corrected chi connectivity index (χ1v) is 5.95. The second-order valence-corrected chi connectivity index (χ2v) is 4.63. The molecule has 0 N–H and O–H groups in total. The Labute approximate surface area is 108 Å². The van der Waals surface area contributed by atoms with Gasteiger partial charge in [-0.2, -0.15) is 15.5 Å². The normalized spacial score (nSPS) is 11.8. The predicted octanol–water partition coefficient (Wildman–Crippen LogP) is 3.20. The van der Waals surface area contributed by atoms with E-state index in [1.807, 2.05) is 31.2 Å². The summed E-state index contributed by atoms with van der Waals surface area (Å²) in [4.78, 5) is 0. The Morgan fingerprint density at radius 1 is 1.35 bits per heavy atom. The lowest BCUT2D eigenvalue weighted by Gasteiger charge is -2.11. The number of hydrogen-bond donors (Lipinski definition) is 0. The van der Waals surface area contributed by atoms with Gasteiger partial charge in [-0.1, -0.05) is 22.0 Å². The van der Waals surface area contributed by atoms with Crippen LogP contribution in [-0.2, 0) is 0 Å². The molecule has 0 spiro atoms. The maximum atomic E-state index is 9.32. The van der Waals surface area contributed by atoms with Gasteiger partial charge in [-0.15, -0.1) is 0 Å². The molecule has 84 valence electrons. The molecule has 1 aromatic heterocycles. The molecule has 0 fully saturated rings. The summed E-state index contributed by atoms with van der Waals surface area (Å²) in [5.41, 5.74) is 2.71. The minimum atomic E-state index is -0.374. The van der Waals surface area contributed by atoms with Crippen molar-refractivity contribution < 1.29 is 0 Å². The summed E-state index contributed by atoms with van der Waals surface area (Å²) in [6.45, 7) is 1.99. The zero-order valence-electron chi connectivity index (χ0n) is 9.26. The van der Waals surface area contributed by atoms with E-state index in [1.54, 1.807) is 12.3 Å². The molecule has 0 amide bonds. The number of nitrogens with zero attached hydrogens (tertiary/aromatic N) is 3. The Bertz CT molecular complexity index is 561. The van der Waals surface area contributed by atoms with E-state index in [2.05, 4.69) is 32.2 Å². The molecular weight excluding hydrogens is 278 g/mol. The number of halogens is 1. The van der Waals surface area contributed by atoms with Crippen LogP contribution in [0, 0.1) is 18.3 Å². The fourth-order valence-corrected chi connectivity index (χ4v) is 2.06. The quantitative estimate of drug-likeness (QED) is 0.852. The molecule has 1 heterocycles. The van der Waals surface area contributed by atoms with Crippen molar-refractivity contribution in [1.29, 1.82) is 5.26 Å². The average molecular weight is 288 g/mol. The van der Waals surface area contributed by atoms with Gasteiger partial charge in [-0.05, 0) is 42.3 Å². The molecule has 0 saturated heterocycles. The number of aromatic nitrogens is 2.